The number of halogens is 4. The summed E-state index contributed by atoms with van der Waals surface area (Å²) in [7, 11) is 0. The van der Waals surface area contributed by atoms with Gasteiger partial charge in [-0.15, -0.1) is 0 Å². The second-order valence-electron chi connectivity index (χ2n) is 5.43. The number of nitrogens with one attached hydrogen (secondary N) is 2. The summed E-state index contributed by atoms with van der Waals surface area (Å²) in [6, 6.07) is 0. The van der Waals surface area contributed by atoms with Crippen LogP contribution in [0.25, 0.3) is 0 Å². The molecule has 0 radical (unpaired) electrons. The number of anilines is 1. The molecule has 3 N–H and O–H groups in total. The lowest BCUT2D eigenvalue weighted by molar-refractivity contribution is -0.192. The number of carbonyl (C=O) groups is 1. The van der Waals surface area contributed by atoms with E-state index in [1.165, 1.54) is 0 Å². The summed E-state index contributed by atoms with van der Waals surface area (Å²) in [6.07, 6.45) is -5.08. The zero-order chi connectivity index (χ0) is 17.1. The highest BCUT2D eigenvalue weighted by Gasteiger charge is 2.38. The molecule has 0 aliphatic carbocycles. The molecule has 10 heteroatoms. The Morgan fingerprint density at radius 2 is 2.00 bits per heavy atom. The lowest BCUT2D eigenvalue weighted by atomic mass is 10.0. The number of hydrogen-bond acceptors (Lipinski definition) is 4. The number of nitrogens with zero attached hydrogens (tertiary/aromatic N) is 2. The number of rotatable bonds is 1. The molecular weight excluding hydrogens is 369 g/mol. The molecular formula is C12H18BrF3N4O2. The van der Waals surface area contributed by atoms with Crippen LogP contribution in [0.15, 0.2) is 4.47 Å². The van der Waals surface area contributed by atoms with Crippen molar-refractivity contribution in [3.8, 4) is 0 Å². The molecule has 0 spiro atoms. The monoisotopic (exact) mass is 386 g/mol. The Morgan fingerprint density at radius 1 is 1.45 bits per heavy atom. The number of H-pyrrole nitrogens is 1. The van der Waals surface area contributed by atoms with Gasteiger partial charge in [0.15, 0.2) is 5.82 Å². The van der Waals surface area contributed by atoms with E-state index in [0.717, 1.165) is 35.6 Å². The van der Waals surface area contributed by atoms with Crippen molar-refractivity contribution in [2.75, 3.05) is 24.5 Å². The maximum atomic E-state index is 10.6. The highest BCUT2D eigenvalue weighted by molar-refractivity contribution is 9.10. The fraction of sp³-hybridized carbons (Fsp3) is 0.667. The molecule has 2 rings (SSSR count). The Hall–Kier alpha value is -1.29. The molecule has 1 aromatic heterocycles. The molecule has 0 unspecified atom stereocenters. The zero-order valence-corrected chi connectivity index (χ0v) is 14.0. The Labute approximate surface area is 134 Å². The maximum Gasteiger partial charge on any atom is 0.490 e. The second kappa shape index (κ2) is 6.86. The minimum absolute atomic E-state index is 0.113. The van der Waals surface area contributed by atoms with E-state index in [4.69, 9.17) is 9.90 Å². The van der Waals surface area contributed by atoms with Gasteiger partial charge in [-0.1, -0.05) is 0 Å². The van der Waals surface area contributed by atoms with Crippen LogP contribution in [0.5, 0.6) is 0 Å². The topological polar surface area (TPSA) is 81.2 Å². The highest BCUT2D eigenvalue weighted by Crippen LogP contribution is 2.31. The van der Waals surface area contributed by atoms with Crippen LogP contribution >= 0.6 is 15.9 Å². The number of aromatic amines is 1. The van der Waals surface area contributed by atoms with Crippen molar-refractivity contribution in [1.29, 1.82) is 0 Å². The molecule has 22 heavy (non-hydrogen) atoms. The fourth-order valence-corrected chi connectivity index (χ4v) is 2.35. The quantitative estimate of drug-likeness (QED) is 0.689. The number of hydrogen-bond donors (Lipinski definition) is 3. The molecule has 0 aromatic carbocycles. The number of aliphatic carboxylic acids is 1. The van der Waals surface area contributed by atoms with Gasteiger partial charge in [-0.2, -0.15) is 18.3 Å². The summed E-state index contributed by atoms with van der Waals surface area (Å²) in [5.41, 5.74) is 1.20. The van der Waals surface area contributed by atoms with Crippen LogP contribution in [-0.4, -0.2) is 52.6 Å². The Bertz CT molecular complexity index is 531. The van der Waals surface area contributed by atoms with Gasteiger partial charge in [0.05, 0.1) is 4.47 Å². The smallest absolute Gasteiger partial charge is 0.475 e. The molecule has 0 bridgehead atoms. The average molecular weight is 387 g/mol. The van der Waals surface area contributed by atoms with Crippen molar-refractivity contribution in [2.24, 2.45) is 0 Å². The zero-order valence-electron chi connectivity index (χ0n) is 12.4. The maximum absolute atomic E-state index is 10.6. The molecule has 0 saturated carbocycles. The van der Waals surface area contributed by atoms with E-state index in [1.54, 1.807) is 0 Å². The molecule has 0 amide bonds. The first-order chi connectivity index (χ1) is 9.97. The van der Waals surface area contributed by atoms with Gasteiger partial charge in [-0.25, -0.2) is 4.79 Å². The minimum Gasteiger partial charge on any atom is -0.475 e. The van der Waals surface area contributed by atoms with Crippen LogP contribution in [0, 0.1) is 6.92 Å². The van der Waals surface area contributed by atoms with Gasteiger partial charge in [0.2, 0.25) is 0 Å². The second-order valence-corrected chi connectivity index (χ2v) is 6.22. The summed E-state index contributed by atoms with van der Waals surface area (Å²) >= 11 is 3.58. The van der Waals surface area contributed by atoms with Crippen LogP contribution in [0.2, 0.25) is 0 Å². The fourth-order valence-electron chi connectivity index (χ4n) is 1.96. The van der Waals surface area contributed by atoms with Crippen LogP contribution in [-0.2, 0) is 4.79 Å². The van der Waals surface area contributed by atoms with Gasteiger partial charge in [0.25, 0.3) is 0 Å². The molecule has 6 nitrogen and oxygen atoms in total. The first-order valence-electron chi connectivity index (χ1n) is 6.45. The molecule has 0 atom stereocenters. The number of aryl methyl sites for hydroxylation is 1. The summed E-state index contributed by atoms with van der Waals surface area (Å²) in [6.45, 7) is 9.49. The predicted octanol–water partition coefficient (Wildman–Crippen LogP) is 2.30. The van der Waals surface area contributed by atoms with Gasteiger partial charge < -0.3 is 15.3 Å². The Balaban J connectivity index is 0.000000295. The minimum atomic E-state index is -5.08. The normalized spacial score (nSPS) is 17.7. The average Bonchev–Trinajstić information content (AvgIpc) is 2.69. The summed E-state index contributed by atoms with van der Waals surface area (Å²) < 4.78 is 32.8. The van der Waals surface area contributed by atoms with E-state index in [0.29, 0.717) is 0 Å². The standard InChI is InChI=1S/C10H17BrN4.C2HF3O2/c1-7-8(11)9(14-13-7)15-5-4-12-6-10(15,2)3;3-2(4,5)1(6)7/h12H,4-6H2,1-3H3,(H,13,14);(H,6,7). The van der Waals surface area contributed by atoms with E-state index >= 15 is 0 Å². The number of piperazine rings is 1. The van der Waals surface area contributed by atoms with Crippen molar-refractivity contribution in [1.82, 2.24) is 15.5 Å². The van der Waals surface area contributed by atoms with Gasteiger partial charge in [0, 0.05) is 30.9 Å². The number of aromatic nitrogens is 2. The van der Waals surface area contributed by atoms with Gasteiger partial charge in [0.1, 0.15) is 0 Å². The molecule has 1 aliphatic rings. The van der Waals surface area contributed by atoms with Crippen molar-refractivity contribution in [2.45, 2.75) is 32.5 Å². The van der Waals surface area contributed by atoms with Gasteiger partial charge in [-0.3, -0.25) is 5.10 Å². The summed E-state index contributed by atoms with van der Waals surface area (Å²) in [4.78, 5) is 11.2. The van der Waals surface area contributed by atoms with Crippen molar-refractivity contribution < 1.29 is 23.1 Å². The lowest BCUT2D eigenvalue weighted by Gasteiger charge is -2.43. The Kier molecular flexibility index (Phi) is 5.85. The summed E-state index contributed by atoms with van der Waals surface area (Å²) in [5.74, 6) is -1.73. The molecule has 1 saturated heterocycles. The lowest BCUT2D eigenvalue weighted by Crippen LogP contribution is -2.58. The molecule has 1 fully saturated rings. The third-order valence-electron chi connectivity index (χ3n) is 3.15. The largest absolute Gasteiger partial charge is 0.490 e. The van der Waals surface area contributed by atoms with E-state index < -0.39 is 12.1 Å². The van der Waals surface area contributed by atoms with Gasteiger partial charge >= 0.3 is 12.1 Å². The van der Waals surface area contributed by atoms with Gasteiger partial charge in [-0.05, 0) is 36.7 Å². The molecule has 1 aromatic rings. The van der Waals surface area contributed by atoms with Crippen molar-refractivity contribution in [3.63, 3.8) is 0 Å². The van der Waals surface area contributed by atoms with Crippen LogP contribution < -0.4 is 10.2 Å². The van der Waals surface area contributed by atoms with E-state index in [-0.39, 0.29) is 5.54 Å². The van der Waals surface area contributed by atoms with E-state index in [1.807, 2.05) is 6.92 Å². The third-order valence-corrected chi connectivity index (χ3v) is 4.10. The van der Waals surface area contributed by atoms with Crippen molar-refractivity contribution in [3.05, 3.63) is 10.2 Å². The molecule has 126 valence electrons. The molecule has 2 heterocycles. The third kappa shape index (κ3) is 4.60. The first-order valence-corrected chi connectivity index (χ1v) is 7.25. The highest BCUT2D eigenvalue weighted by atomic mass is 79.9. The van der Waals surface area contributed by atoms with E-state index in [9.17, 15) is 13.2 Å². The van der Waals surface area contributed by atoms with Crippen LogP contribution in [0.3, 0.4) is 0 Å². The van der Waals surface area contributed by atoms with Crippen LogP contribution in [0.1, 0.15) is 19.5 Å². The van der Waals surface area contributed by atoms with Crippen molar-refractivity contribution >= 4 is 27.7 Å². The number of carboxylic acid groups (broad SMARTS) is 1. The molecule has 1 aliphatic heterocycles. The van der Waals surface area contributed by atoms with Crippen LogP contribution in [0.4, 0.5) is 19.0 Å². The predicted molar refractivity (Wildman–Crippen MR) is 79.0 cm³/mol. The number of carboxylic acids is 1. The Morgan fingerprint density at radius 3 is 2.36 bits per heavy atom. The first kappa shape index (κ1) is 18.8. The SMILES string of the molecule is Cc1[nH]nc(N2CCNCC2(C)C)c1Br.O=C(O)C(F)(F)F. The summed E-state index contributed by atoms with van der Waals surface area (Å²) in [5, 5.41) is 17.9. The number of alkyl halides is 3. The van der Waals surface area contributed by atoms with E-state index in [2.05, 4.69) is 50.2 Å².